The number of rotatable bonds is 9. The van der Waals surface area contributed by atoms with Gasteiger partial charge in [0, 0.05) is 12.3 Å². The van der Waals surface area contributed by atoms with E-state index in [-0.39, 0.29) is 52.7 Å². The quantitative estimate of drug-likeness (QED) is 0.317. The first-order valence-corrected chi connectivity index (χ1v) is 16.6. The van der Waals surface area contributed by atoms with E-state index in [4.69, 9.17) is 10.5 Å². The molecule has 10 atom stereocenters. The molecule has 1 aromatic rings. The van der Waals surface area contributed by atoms with E-state index < -0.39 is 12.0 Å². The van der Waals surface area contributed by atoms with Crippen molar-refractivity contribution < 1.29 is 24.2 Å². The molecule has 0 spiro atoms. The summed E-state index contributed by atoms with van der Waals surface area (Å²) in [6.07, 6.45) is 10.4. The molecule has 232 valence electrons. The number of aromatic hydroxyl groups is 1. The second-order valence-corrected chi connectivity index (χ2v) is 15.3. The number of phenolic OH excluding ortho intramolecular Hbond substituents is 1. The number of carbonyl (C=O) groups is 3. The number of carbonyl (C=O) groups excluding carboxylic acids is 3. The Bertz CT molecular complexity index is 1160. The summed E-state index contributed by atoms with van der Waals surface area (Å²) in [6.45, 7) is 10.7. The van der Waals surface area contributed by atoms with Crippen LogP contribution in [0.2, 0.25) is 0 Å². The molecule has 0 amide bonds. The van der Waals surface area contributed by atoms with Gasteiger partial charge in [-0.1, -0.05) is 39.8 Å². The van der Waals surface area contributed by atoms with Crippen molar-refractivity contribution in [3.05, 3.63) is 29.8 Å². The van der Waals surface area contributed by atoms with Gasteiger partial charge in [-0.25, -0.2) is 0 Å². The summed E-state index contributed by atoms with van der Waals surface area (Å²) in [6, 6.07) is 6.02. The fourth-order valence-electron chi connectivity index (χ4n) is 10.2. The van der Waals surface area contributed by atoms with Gasteiger partial charge in [0.15, 0.2) is 5.78 Å². The molecule has 6 heteroatoms. The molecule has 6 nitrogen and oxygen atoms in total. The number of Topliss-reactive ketones (excluding diaryl/α,β-unsaturated/α-hetero) is 2. The Morgan fingerprint density at radius 3 is 2.29 bits per heavy atom. The molecule has 0 aromatic heterocycles. The predicted molar refractivity (Wildman–Crippen MR) is 164 cm³/mol. The van der Waals surface area contributed by atoms with Gasteiger partial charge >= 0.3 is 5.97 Å². The van der Waals surface area contributed by atoms with Crippen LogP contribution in [0.1, 0.15) is 104 Å². The zero-order valence-electron chi connectivity index (χ0n) is 26.4. The van der Waals surface area contributed by atoms with Crippen molar-refractivity contribution in [1.82, 2.24) is 0 Å². The fourth-order valence-corrected chi connectivity index (χ4v) is 10.2. The molecule has 1 aromatic carbocycles. The van der Waals surface area contributed by atoms with E-state index in [0.29, 0.717) is 30.0 Å². The first-order valence-electron chi connectivity index (χ1n) is 16.6. The summed E-state index contributed by atoms with van der Waals surface area (Å²) in [5.41, 5.74) is 7.58. The minimum atomic E-state index is -0.697. The molecular weight excluding hydrogens is 526 g/mol. The van der Waals surface area contributed by atoms with Gasteiger partial charge < -0.3 is 15.6 Å². The Labute approximate surface area is 252 Å². The Morgan fingerprint density at radius 2 is 1.62 bits per heavy atom. The van der Waals surface area contributed by atoms with E-state index in [2.05, 4.69) is 13.8 Å². The standard InChI is InChI=1S/C36H53NO5/c1-21(2)28(20-33(40)32(37)18-23-6-9-25(39)10-7-23)34(41)42-26-14-16-35(4)24(19-26)8-11-27-30-13-12-29(22(3)38)36(30,5)17-15-31(27)35/h6-7,9-10,21,24,26-32,39H,8,11-20,37H2,1-5H3/t24-,26+,27-,28-,29+,30-,31-,32-,35-,36+/m0/s1. The van der Waals surface area contributed by atoms with Crippen LogP contribution < -0.4 is 5.73 Å². The van der Waals surface area contributed by atoms with Crippen molar-refractivity contribution in [2.45, 2.75) is 117 Å². The van der Waals surface area contributed by atoms with Crippen LogP contribution in [-0.2, 0) is 25.5 Å². The third kappa shape index (κ3) is 5.81. The molecule has 5 rings (SSSR count). The van der Waals surface area contributed by atoms with Crippen molar-refractivity contribution >= 4 is 17.5 Å². The molecule has 4 saturated carbocycles. The van der Waals surface area contributed by atoms with Crippen molar-refractivity contribution in [1.29, 1.82) is 0 Å². The van der Waals surface area contributed by atoms with Gasteiger partial charge in [-0.05, 0) is 129 Å². The van der Waals surface area contributed by atoms with Crippen molar-refractivity contribution in [3.63, 3.8) is 0 Å². The average Bonchev–Trinajstić information content (AvgIpc) is 3.30. The second-order valence-electron chi connectivity index (χ2n) is 15.3. The second kappa shape index (κ2) is 12.1. The first kappa shape index (κ1) is 31.2. The smallest absolute Gasteiger partial charge is 0.309 e. The van der Waals surface area contributed by atoms with Crippen molar-refractivity contribution in [3.8, 4) is 5.75 Å². The van der Waals surface area contributed by atoms with E-state index >= 15 is 0 Å². The Morgan fingerprint density at radius 1 is 0.952 bits per heavy atom. The number of ether oxygens (including phenoxy) is 1. The molecule has 0 heterocycles. The lowest BCUT2D eigenvalue weighted by Crippen LogP contribution is -2.54. The predicted octanol–water partition coefficient (Wildman–Crippen LogP) is 6.65. The van der Waals surface area contributed by atoms with Crippen LogP contribution in [0, 0.1) is 52.3 Å². The number of ketones is 2. The van der Waals surface area contributed by atoms with Gasteiger partial charge in [-0.2, -0.15) is 0 Å². The van der Waals surface area contributed by atoms with E-state index in [1.165, 1.54) is 32.1 Å². The number of fused-ring (bicyclic) bond motifs is 5. The topological polar surface area (TPSA) is 107 Å². The van der Waals surface area contributed by atoms with Crippen LogP contribution in [0.15, 0.2) is 24.3 Å². The molecule has 0 radical (unpaired) electrons. The maximum Gasteiger partial charge on any atom is 0.309 e. The lowest BCUT2D eigenvalue weighted by molar-refractivity contribution is -0.169. The summed E-state index contributed by atoms with van der Waals surface area (Å²) in [4.78, 5) is 39.0. The summed E-state index contributed by atoms with van der Waals surface area (Å²) in [7, 11) is 0. The molecule has 0 unspecified atom stereocenters. The van der Waals surface area contributed by atoms with E-state index in [1.807, 2.05) is 13.8 Å². The van der Waals surface area contributed by atoms with E-state index in [9.17, 15) is 19.5 Å². The SMILES string of the molecule is CC(=O)[C@H]1CC[C@H]2[C@@H]3CC[C@H]4C[C@H](OC(=O)[C@@H](CC(=O)[C@@H](N)Cc5ccc(O)cc5)C(C)C)CC[C@]4(C)[C@H]3CC[C@]12C. The van der Waals surface area contributed by atoms with Gasteiger partial charge in [-0.3, -0.25) is 14.4 Å². The molecule has 4 fully saturated rings. The van der Waals surface area contributed by atoms with Gasteiger partial charge in [0.25, 0.3) is 0 Å². The number of hydrogen-bond acceptors (Lipinski definition) is 6. The molecule has 0 bridgehead atoms. The summed E-state index contributed by atoms with van der Waals surface area (Å²) >= 11 is 0. The fraction of sp³-hybridized carbons (Fsp3) is 0.750. The van der Waals surface area contributed by atoms with Crippen molar-refractivity contribution in [2.75, 3.05) is 0 Å². The van der Waals surface area contributed by atoms with Crippen LogP contribution >= 0.6 is 0 Å². The monoisotopic (exact) mass is 579 g/mol. The number of esters is 1. The number of hydrogen-bond donors (Lipinski definition) is 2. The highest BCUT2D eigenvalue weighted by atomic mass is 16.5. The zero-order chi connectivity index (χ0) is 30.4. The third-order valence-electron chi connectivity index (χ3n) is 12.7. The van der Waals surface area contributed by atoms with Gasteiger partial charge in [0.2, 0.25) is 0 Å². The number of phenols is 1. The van der Waals surface area contributed by atoms with Gasteiger partial charge in [0.05, 0.1) is 12.0 Å². The van der Waals surface area contributed by atoms with Crippen LogP contribution in [-0.4, -0.2) is 34.8 Å². The molecule has 0 saturated heterocycles. The van der Waals surface area contributed by atoms with Crippen LogP contribution in [0.4, 0.5) is 0 Å². The molecule has 4 aliphatic carbocycles. The summed E-state index contributed by atoms with van der Waals surface area (Å²) in [5.74, 6) is 2.55. The minimum Gasteiger partial charge on any atom is -0.508 e. The molecule has 3 N–H and O–H groups in total. The highest BCUT2D eigenvalue weighted by molar-refractivity contribution is 5.88. The first-order chi connectivity index (χ1) is 19.8. The summed E-state index contributed by atoms with van der Waals surface area (Å²) < 4.78 is 6.19. The van der Waals surface area contributed by atoms with Crippen molar-refractivity contribution in [2.24, 2.45) is 58.0 Å². The van der Waals surface area contributed by atoms with Gasteiger partial charge in [0.1, 0.15) is 17.6 Å². The van der Waals surface area contributed by atoms with Crippen LogP contribution in [0.5, 0.6) is 5.75 Å². The molecular formula is C36H53NO5. The largest absolute Gasteiger partial charge is 0.508 e. The average molecular weight is 580 g/mol. The Kier molecular flexibility index (Phi) is 8.96. The molecule has 42 heavy (non-hydrogen) atoms. The zero-order valence-corrected chi connectivity index (χ0v) is 26.4. The minimum absolute atomic E-state index is 0.0200. The molecule has 4 aliphatic rings. The van der Waals surface area contributed by atoms with E-state index in [1.54, 1.807) is 31.2 Å². The third-order valence-corrected chi connectivity index (χ3v) is 12.7. The normalized spacial score (nSPS) is 37.2. The molecule has 0 aliphatic heterocycles. The summed E-state index contributed by atoms with van der Waals surface area (Å²) in [5, 5.41) is 9.51. The highest BCUT2D eigenvalue weighted by Crippen LogP contribution is 2.67. The highest BCUT2D eigenvalue weighted by Gasteiger charge is 2.61. The lowest BCUT2D eigenvalue weighted by atomic mass is 9.44. The van der Waals surface area contributed by atoms with Crippen LogP contribution in [0.3, 0.4) is 0 Å². The number of nitrogens with two attached hydrogens (primary N) is 1. The lowest BCUT2D eigenvalue weighted by Gasteiger charge is -2.61. The maximum absolute atomic E-state index is 13.5. The van der Waals surface area contributed by atoms with Gasteiger partial charge in [-0.15, -0.1) is 0 Å². The number of benzene rings is 1. The maximum atomic E-state index is 13.5. The van der Waals surface area contributed by atoms with E-state index in [0.717, 1.165) is 37.2 Å². The Hall–Kier alpha value is -2.21. The van der Waals surface area contributed by atoms with Crippen LogP contribution in [0.25, 0.3) is 0 Å². The Balaban J connectivity index is 1.18.